The molecule has 38 heavy (non-hydrogen) atoms. The van der Waals surface area contributed by atoms with E-state index in [1.54, 1.807) is 0 Å². The van der Waals surface area contributed by atoms with Gasteiger partial charge in [-0.25, -0.2) is 0 Å². The molecule has 3 rings (SSSR count). The zero-order valence-electron chi connectivity index (χ0n) is 23.8. The van der Waals surface area contributed by atoms with E-state index in [0.29, 0.717) is 5.75 Å². The molecule has 3 aromatic carbocycles. The molecular formula is C36H50O2. The average molecular weight is 515 g/mol. The van der Waals surface area contributed by atoms with Crippen LogP contribution in [0, 0.1) is 0 Å². The van der Waals surface area contributed by atoms with Crippen LogP contribution < -0.4 is 4.74 Å². The Morgan fingerprint density at radius 3 is 1.55 bits per heavy atom. The topological polar surface area (TPSA) is 29.5 Å². The predicted octanol–water partition coefficient (Wildman–Crippen LogP) is 11.4. The maximum Gasteiger partial charge on any atom is 0.131 e. The minimum atomic E-state index is 0.314. The monoisotopic (exact) mass is 514 g/mol. The zero-order valence-corrected chi connectivity index (χ0v) is 23.8. The molecule has 3 aromatic rings. The van der Waals surface area contributed by atoms with Gasteiger partial charge in [0.05, 0.1) is 6.61 Å². The Morgan fingerprint density at radius 1 is 0.500 bits per heavy atom. The van der Waals surface area contributed by atoms with Crippen LogP contribution in [0.4, 0.5) is 0 Å². The number of aromatic hydroxyl groups is 1. The van der Waals surface area contributed by atoms with Crippen LogP contribution in [0.25, 0.3) is 22.3 Å². The molecule has 0 saturated carbocycles. The molecule has 0 aromatic heterocycles. The molecule has 0 unspecified atom stereocenters. The van der Waals surface area contributed by atoms with Crippen molar-refractivity contribution in [3.8, 4) is 33.8 Å². The Hall–Kier alpha value is -2.74. The number of unbranched alkanes of at least 4 members (excludes halogenated alkanes) is 15. The van der Waals surface area contributed by atoms with Crippen LogP contribution in [0.15, 0.2) is 72.8 Å². The first-order chi connectivity index (χ1) is 18.8. The fourth-order valence-corrected chi connectivity index (χ4v) is 5.22. The lowest BCUT2D eigenvalue weighted by Crippen LogP contribution is -1.97. The summed E-state index contributed by atoms with van der Waals surface area (Å²) < 4.78 is 6.06. The fraction of sp³-hybridized carbons (Fsp3) is 0.500. The van der Waals surface area contributed by atoms with Crippen molar-refractivity contribution in [2.45, 2.75) is 110 Å². The first kappa shape index (κ1) is 29.8. The van der Waals surface area contributed by atoms with Crippen molar-refractivity contribution < 1.29 is 9.84 Å². The Bertz CT molecular complexity index is 1010. The van der Waals surface area contributed by atoms with Gasteiger partial charge in [0.25, 0.3) is 0 Å². The van der Waals surface area contributed by atoms with E-state index in [9.17, 15) is 5.11 Å². The third kappa shape index (κ3) is 10.9. The van der Waals surface area contributed by atoms with Crippen LogP contribution in [0.1, 0.15) is 110 Å². The van der Waals surface area contributed by atoms with Crippen molar-refractivity contribution in [1.29, 1.82) is 0 Å². The Kier molecular flexibility index (Phi) is 14.5. The Labute approximate surface area is 232 Å². The summed E-state index contributed by atoms with van der Waals surface area (Å²) >= 11 is 0. The summed E-state index contributed by atoms with van der Waals surface area (Å²) in [5, 5.41) is 11.0. The maximum atomic E-state index is 11.0. The third-order valence-corrected chi connectivity index (χ3v) is 7.53. The lowest BCUT2D eigenvalue weighted by atomic mass is 9.97. The molecule has 0 aliphatic heterocycles. The molecule has 0 fully saturated rings. The second-order valence-corrected chi connectivity index (χ2v) is 10.7. The van der Waals surface area contributed by atoms with Crippen molar-refractivity contribution in [3.05, 3.63) is 72.8 Å². The minimum absolute atomic E-state index is 0.314. The molecule has 0 bridgehead atoms. The number of rotatable bonds is 20. The molecule has 0 aliphatic carbocycles. The molecule has 1 N–H and O–H groups in total. The smallest absolute Gasteiger partial charge is 0.131 e. The van der Waals surface area contributed by atoms with Crippen LogP contribution in [0.2, 0.25) is 0 Å². The van der Waals surface area contributed by atoms with Gasteiger partial charge >= 0.3 is 0 Å². The first-order valence-corrected chi connectivity index (χ1v) is 15.4. The number of para-hydroxylation sites is 1. The van der Waals surface area contributed by atoms with Gasteiger partial charge in [-0.2, -0.15) is 0 Å². The van der Waals surface area contributed by atoms with Crippen molar-refractivity contribution in [3.63, 3.8) is 0 Å². The number of benzene rings is 3. The summed E-state index contributed by atoms with van der Waals surface area (Å²) in [5.41, 5.74) is 3.68. The van der Waals surface area contributed by atoms with Crippen molar-refractivity contribution in [1.82, 2.24) is 0 Å². The molecule has 0 radical (unpaired) electrons. The van der Waals surface area contributed by atoms with Gasteiger partial charge in [0.15, 0.2) is 0 Å². The highest BCUT2D eigenvalue weighted by molar-refractivity contribution is 5.82. The molecule has 0 heterocycles. The average Bonchev–Trinajstić information content (AvgIpc) is 2.95. The predicted molar refractivity (Wildman–Crippen MR) is 164 cm³/mol. The second kappa shape index (κ2) is 18.5. The zero-order chi connectivity index (χ0) is 26.7. The molecule has 0 aliphatic rings. The summed E-state index contributed by atoms with van der Waals surface area (Å²) in [5.74, 6) is 1.18. The third-order valence-electron chi connectivity index (χ3n) is 7.53. The van der Waals surface area contributed by atoms with Gasteiger partial charge in [0, 0.05) is 11.1 Å². The van der Waals surface area contributed by atoms with E-state index in [4.69, 9.17) is 4.74 Å². The normalized spacial score (nSPS) is 11.1. The van der Waals surface area contributed by atoms with Crippen LogP contribution in [-0.2, 0) is 0 Å². The molecule has 2 heteroatoms. The van der Waals surface area contributed by atoms with Gasteiger partial charge in [0.1, 0.15) is 11.5 Å². The molecule has 0 spiro atoms. The summed E-state index contributed by atoms with van der Waals surface area (Å²) in [7, 11) is 0. The standard InChI is InChI=1S/C36H50O2/c1-2-3-4-5-6-7-8-9-10-11-12-13-14-15-16-20-29-38-33-26-21-25-32(30-33)35-28-22-27-34(36(35)37)31-23-18-17-19-24-31/h17-19,21-28,30,37H,2-16,20,29H2,1H3. The molecular weight excluding hydrogens is 464 g/mol. The van der Waals surface area contributed by atoms with Gasteiger partial charge in [-0.3, -0.25) is 0 Å². The quantitative estimate of drug-likeness (QED) is 0.152. The molecule has 0 amide bonds. The van der Waals surface area contributed by atoms with E-state index in [2.05, 4.69) is 6.92 Å². The number of ether oxygens (including phenoxy) is 1. The first-order valence-electron chi connectivity index (χ1n) is 15.4. The lowest BCUT2D eigenvalue weighted by molar-refractivity contribution is 0.304. The summed E-state index contributed by atoms with van der Waals surface area (Å²) in [4.78, 5) is 0. The Morgan fingerprint density at radius 2 is 0.974 bits per heavy atom. The van der Waals surface area contributed by atoms with E-state index >= 15 is 0 Å². The fourth-order valence-electron chi connectivity index (χ4n) is 5.22. The van der Waals surface area contributed by atoms with Gasteiger partial charge in [-0.15, -0.1) is 0 Å². The van der Waals surface area contributed by atoms with Crippen LogP contribution in [0.3, 0.4) is 0 Å². The largest absolute Gasteiger partial charge is 0.507 e. The van der Waals surface area contributed by atoms with E-state index in [-0.39, 0.29) is 0 Å². The number of hydrogen-bond acceptors (Lipinski definition) is 2. The number of phenolic OH excluding ortho intramolecular Hbond substituents is 1. The van der Waals surface area contributed by atoms with Crippen molar-refractivity contribution in [2.24, 2.45) is 0 Å². The van der Waals surface area contributed by atoms with Crippen molar-refractivity contribution >= 4 is 0 Å². The summed E-state index contributed by atoms with van der Waals surface area (Å²) in [6, 6.07) is 24.0. The lowest BCUT2D eigenvalue weighted by Gasteiger charge is -2.12. The number of hydrogen-bond donors (Lipinski definition) is 1. The van der Waals surface area contributed by atoms with Gasteiger partial charge in [0.2, 0.25) is 0 Å². The maximum absolute atomic E-state index is 11.0. The SMILES string of the molecule is CCCCCCCCCCCCCCCCCCOc1cccc(-c2cccc(-c3ccccc3)c2O)c1. The molecule has 0 saturated heterocycles. The van der Waals surface area contributed by atoms with Gasteiger partial charge in [-0.1, -0.05) is 164 Å². The van der Waals surface area contributed by atoms with Crippen LogP contribution in [0.5, 0.6) is 11.5 Å². The van der Waals surface area contributed by atoms with E-state index < -0.39 is 0 Å². The number of phenols is 1. The van der Waals surface area contributed by atoms with E-state index in [1.807, 2.05) is 72.8 Å². The highest BCUT2D eigenvalue weighted by Gasteiger charge is 2.11. The highest BCUT2D eigenvalue weighted by Crippen LogP contribution is 2.38. The van der Waals surface area contributed by atoms with E-state index in [1.165, 1.54) is 96.3 Å². The van der Waals surface area contributed by atoms with Crippen LogP contribution in [-0.4, -0.2) is 11.7 Å². The van der Waals surface area contributed by atoms with Crippen molar-refractivity contribution in [2.75, 3.05) is 6.61 Å². The summed E-state index contributed by atoms with van der Waals surface area (Å²) in [6.45, 7) is 3.04. The van der Waals surface area contributed by atoms with Gasteiger partial charge in [-0.05, 0) is 29.7 Å². The Balaban J connectivity index is 1.26. The molecule has 0 atom stereocenters. The summed E-state index contributed by atoms with van der Waals surface area (Å²) in [6.07, 6.45) is 22.0. The van der Waals surface area contributed by atoms with Crippen LogP contribution >= 0.6 is 0 Å². The van der Waals surface area contributed by atoms with E-state index in [0.717, 1.165) is 41.0 Å². The second-order valence-electron chi connectivity index (χ2n) is 10.7. The highest BCUT2D eigenvalue weighted by atomic mass is 16.5. The molecule has 206 valence electrons. The molecule has 2 nitrogen and oxygen atoms in total. The minimum Gasteiger partial charge on any atom is -0.507 e. The van der Waals surface area contributed by atoms with Gasteiger partial charge < -0.3 is 9.84 Å².